The van der Waals surface area contributed by atoms with Crippen molar-refractivity contribution in [2.45, 2.75) is 19.6 Å². The van der Waals surface area contributed by atoms with Gasteiger partial charge >= 0.3 is 0 Å². The number of aliphatic hydroxyl groups excluding tert-OH is 1. The van der Waals surface area contributed by atoms with Crippen molar-refractivity contribution >= 4 is 22.7 Å². The van der Waals surface area contributed by atoms with Crippen LogP contribution in [0.15, 0.2) is 23.7 Å². The number of thiophene rings is 1. The summed E-state index contributed by atoms with van der Waals surface area (Å²) in [7, 11) is 0. The molecule has 2 rings (SSSR count). The summed E-state index contributed by atoms with van der Waals surface area (Å²) in [6, 6.07) is 4.11. The molecule has 2 N–H and O–H groups in total. The van der Waals surface area contributed by atoms with Gasteiger partial charge in [0.15, 0.2) is 0 Å². The van der Waals surface area contributed by atoms with Crippen LogP contribution in [-0.2, 0) is 6.54 Å². The maximum atomic E-state index is 9.11. The lowest BCUT2D eigenvalue weighted by molar-refractivity contribution is 0.191. The zero-order valence-electron chi connectivity index (χ0n) is 9.01. The van der Waals surface area contributed by atoms with Crippen LogP contribution in [0.1, 0.15) is 11.8 Å². The summed E-state index contributed by atoms with van der Waals surface area (Å²) in [5.41, 5.74) is 0. The van der Waals surface area contributed by atoms with E-state index in [1.54, 1.807) is 29.6 Å². The van der Waals surface area contributed by atoms with Crippen molar-refractivity contribution in [1.82, 2.24) is 10.3 Å². The predicted octanol–water partition coefficient (Wildman–Crippen LogP) is 2.34. The molecule has 16 heavy (non-hydrogen) atoms. The van der Waals surface area contributed by atoms with Gasteiger partial charge in [0.1, 0.15) is 5.01 Å². The minimum absolute atomic E-state index is 0.301. The first-order chi connectivity index (χ1) is 7.75. The van der Waals surface area contributed by atoms with Crippen LogP contribution < -0.4 is 5.32 Å². The smallest absolute Gasteiger partial charge is 0.133 e. The molecule has 5 heteroatoms. The number of rotatable bonds is 5. The van der Waals surface area contributed by atoms with Crippen LogP contribution in [0.3, 0.4) is 0 Å². The molecule has 0 bridgehead atoms. The van der Waals surface area contributed by atoms with Crippen molar-refractivity contribution in [3.63, 3.8) is 0 Å². The summed E-state index contributed by atoms with van der Waals surface area (Å²) in [6.45, 7) is 3.16. The van der Waals surface area contributed by atoms with E-state index in [9.17, 15) is 0 Å². The molecule has 0 aliphatic heterocycles. The zero-order chi connectivity index (χ0) is 11.4. The molecule has 2 heterocycles. The average Bonchev–Trinajstić information content (AvgIpc) is 2.85. The molecule has 0 fully saturated rings. The molecule has 0 saturated carbocycles. The van der Waals surface area contributed by atoms with Gasteiger partial charge in [0.25, 0.3) is 0 Å². The van der Waals surface area contributed by atoms with E-state index in [2.05, 4.69) is 21.7 Å². The van der Waals surface area contributed by atoms with Crippen molar-refractivity contribution in [2.75, 3.05) is 6.54 Å². The molecule has 2 aromatic heterocycles. The van der Waals surface area contributed by atoms with E-state index in [-0.39, 0.29) is 6.10 Å². The topological polar surface area (TPSA) is 45.1 Å². The lowest BCUT2D eigenvalue weighted by Crippen LogP contribution is -2.23. The van der Waals surface area contributed by atoms with Gasteiger partial charge < -0.3 is 10.4 Å². The number of aromatic nitrogens is 1. The van der Waals surface area contributed by atoms with Gasteiger partial charge in [0.05, 0.1) is 11.0 Å². The van der Waals surface area contributed by atoms with Gasteiger partial charge in [-0.25, -0.2) is 4.98 Å². The molecule has 0 unspecified atom stereocenters. The molecule has 1 atom stereocenters. The van der Waals surface area contributed by atoms with Crippen LogP contribution in [0.25, 0.3) is 9.88 Å². The molecule has 0 aliphatic carbocycles. The number of thiazole rings is 1. The highest BCUT2D eigenvalue weighted by molar-refractivity contribution is 7.20. The molecule has 0 amide bonds. The lowest BCUT2D eigenvalue weighted by atomic mass is 10.4. The minimum atomic E-state index is -0.301. The van der Waals surface area contributed by atoms with Gasteiger partial charge in [-0.15, -0.1) is 22.7 Å². The van der Waals surface area contributed by atoms with E-state index in [1.165, 1.54) is 9.75 Å². The van der Waals surface area contributed by atoms with Gasteiger partial charge in [-0.05, 0) is 18.4 Å². The number of nitrogens with zero attached hydrogens (tertiary/aromatic N) is 1. The molecular formula is C11H14N2OS2. The van der Waals surface area contributed by atoms with Crippen LogP contribution in [0.4, 0.5) is 0 Å². The zero-order valence-corrected chi connectivity index (χ0v) is 10.6. The second kappa shape index (κ2) is 5.54. The van der Waals surface area contributed by atoms with Gasteiger partial charge in [-0.3, -0.25) is 0 Å². The third-order valence-electron chi connectivity index (χ3n) is 2.02. The first-order valence-electron chi connectivity index (χ1n) is 5.13. The maximum Gasteiger partial charge on any atom is 0.133 e. The molecule has 2 aromatic rings. The fourth-order valence-corrected chi connectivity index (χ4v) is 2.99. The highest BCUT2D eigenvalue weighted by Gasteiger charge is 2.05. The average molecular weight is 254 g/mol. The van der Waals surface area contributed by atoms with E-state index in [0.717, 1.165) is 11.6 Å². The Hall–Kier alpha value is -0.750. The third kappa shape index (κ3) is 3.12. The molecule has 3 nitrogen and oxygen atoms in total. The van der Waals surface area contributed by atoms with Crippen molar-refractivity contribution < 1.29 is 5.11 Å². The highest BCUT2D eigenvalue weighted by atomic mass is 32.1. The molecule has 0 saturated heterocycles. The standard InChI is InChI=1S/C11H14N2OS2/c1-8(14)5-12-6-9-7-13-11(16-9)10-3-2-4-15-10/h2-4,7-8,12,14H,5-6H2,1H3/t8-/m1/s1. The Labute approximate surface area is 103 Å². The summed E-state index contributed by atoms with van der Waals surface area (Å²) in [5, 5.41) is 15.4. The Morgan fingerprint density at radius 1 is 1.56 bits per heavy atom. The van der Waals surface area contributed by atoms with Crippen molar-refractivity contribution in [1.29, 1.82) is 0 Å². The Bertz CT molecular complexity index is 423. The number of hydrogen-bond acceptors (Lipinski definition) is 5. The fraction of sp³-hybridized carbons (Fsp3) is 0.364. The maximum absolute atomic E-state index is 9.11. The van der Waals surface area contributed by atoms with Crippen LogP contribution >= 0.6 is 22.7 Å². The quantitative estimate of drug-likeness (QED) is 0.861. The molecule has 0 aromatic carbocycles. The minimum Gasteiger partial charge on any atom is -0.392 e. The van der Waals surface area contributed by atoms with E-state index in [1.807, 2.05) is 12.3 Å². The normalized spacial score (nSPS) is 12.9. The van der Waals surface area contributed by atoms with E-state index >= 15 is 0 Å². The summed E-state index contributed by atoms with van der Waals surface area (Å²) < 4.78 is 0. The monoisotopic (exact) mass is 254 g/mol. The largest absolute Gasteiger partial charge is 0.392 e. The van der Waals surface area contributed by atoms with Gasteiger partial charge in [-0.2, -0.15) is 0 Å². The molecule has 0 aliphatic rings. The van der Waals surface area contributed by atoms with Gasteiger partial charge in [-0.1, -0.05) is 6.07 Å². The Kier molecular flexibility index (Phi) is 4.06. The van der Waals surface area contributed by atoms with Crippen LogP contribution in [0, 0.1) is 0 Å². The second-order valence-electron chi connectivity index (χ2n) is 3.59. The number of nitrogens with one attached hydrogen (secondary N) is 1. The Morgan fingerprint density at radius 2 is 2.44 bits per heavy atom. The molecular weight excluding hydrogens is 240 g/mol. The first kappa shape index (κ1) is 11.7. The Balaban J connectivity index is 1.93. The number of aliphatic hydroxyl groups is 1. The lowest BCUT2D eigenvalue weighted by Gasteiger charge is -2.04. The fourth-order valence-electron chi connectivity index (χ4n) is 1.31. The summed E-state index contributed by atoms with van der Waals surface area (Å²) in [4.78, 5) is 6.80. The van der Waals surface area contributed by atoms with Crippen molar-refractivity contribution in [2.24, 2.45) is 0 Å². The molecule has 0 spiro atoms. The van der Waals surface area contributed by atoms with Gasteiger partial charge in [0.2, 0.25) is 0 Å². The van der Waals surface area contributed by atoms with Crippen molar-refractivity contribution in [3.05, 3.63) is 28.6 Å². The number of hydrogen-bond donors (Lipinski definition) is 2. The predicted molar refractivity (Wildman–Crippen MR) is 68.8 cm³/mol. The molecule has 86 valence electrons. The summed E-state index contributed by atoms with van der Waals surface area (Å²) >= 11 is 3.40. The van der Waals surface area contributed by atoms with E-state index in [0.29, 0.717) is 6.54 Å². The molecule has 0 radical (unpaired) electrons. The van der Waals surface area contributed by atoms with Crippen molar-refractivity contribution in [3.8, 4) is 9.88 Å². The van der Waals surface area contributed by atoms with Crippen LogP contribution in [0.5, 0.6) is 0 Å². The van der Waals surface area contributed by atoms with Crippen LogP contribution in [-0.4, -0.2) is 22.7 Å². The SMILES string of the molecule is C[C@@H](O)CNCc1cnc(-c2cccs2)s1. The van der Waals surface area contributed by atoms with Crippen LogP contribution in [0.2, 0.25) is 0 Å². The highest BCUT2D eigenvalue weighted by Crippen LogP contribution is 2.28. The Morgan fingerprint density at radius 3 is 3.12 bits per heavy atom. The summed E-state index contributed by atoms with van der Waals surface area (Å²) in [6.07, 6.45) is 1.60. The second-order valence-corrected chi connectivity index (χ2v) is 5.65. The first-order valence-corrected chi connectivity index (χ1v) is 6.82. The van der Waals surface area contributed by atoms with Gasteiger partial charge in [0, 0.05) is 24.2 Å². The third-order valence-corrected chi connectivity index (χ3v) is 4.06. The van der Waals surface area contributed by atoms with E-state index in [4.69, 9.17) is 5.11 Å². The van der Waals surface area contributed by atoms with E-state index < -0.39 is 0 Å². The summed E-state index contributed by atoms with van der Waals surface area (Å²) in [5.74, 6) is 0.